The van der Waals surface area contributed by atoms with Crippen LogP contribution >= 0.6 is 0 Å². The third kappa shape index (κ3) is 3.95. The summed E-state index contributed by atoms with van der Waals surface area (Å²) in [6, 6.07) is 9.07. The predicted molar refractivity (Wildman–Crippen MR) is 68.7 cm³/mol. The Morgan fingerprint density at radius 3 is 2.69 bits per heavy atom. The fourth-order valence-corrected chi connectivity index (χ4v) is 1.90. The van der Waals surface area contributed by atoms with E-state index in [9.17, 15) is 0 Å². The van der Waals surface area contributed by atoms with Crippen molar-refractivity contribution in [3.8, 4) is 0 Å². The van der Waals surface area contributed by atoms with E-state index in [1.54, 1.807) is 7.11 Å². The van der Waals surface area contributed by atoms with E-state index in [2.05, 4.69) is 50.4 Å². The molecule has 1 aromatic carbocycles. The van der Waals surface area contributed by atoms with Gasteiger partial charge in [-0.1, -0.05) is 36.8 Å². The molecule has 0 fully saturated rings. The monoisotopic (exact) mass is 221 g/mol. The molecule has 0 radical (unpaired) electrons. The quantitative estimate of drug-likeness (QED) is 0.797. The summed E-state index contributed by atoms with van der Waals surface area (Å²) < 4.78 is 5.34. The average Bonchev–Trinajstić information content (AvgIpc) is 2.28. The van der Waals surface area contributed by atoms with Gasteiger partial charge in [0.15, 0.2) is 0 Å². The van der Waals surface area contributed by atoms with Crippen LogP contribution in [0.3, 0.4) is 0 Å². The van der Waals surface area contributed by atoms with Crippen molar-refractivity contribution < 1.29 is 4.74 Å². The van der Waals surface area contributed by atoms with Crippen LogP contribution in [0.1, 0.15) is 37.4 Å². The Bertz CT molecular complexity index is 311. The lowest BCUT2D eigenvalue weighted by Crippen LogP contribution is -2.25. The molecule has 0 saturated heterocycles. The number of rotatable bonds is 6. The van der Waals surface area contributed by atoms with Crippen LogP contribution in [-0.2, 0) is 4.74 Å². The Morgan fingerprint density at radius 1 is 1.38 bits per heavy atom. The molecular formula is C14H23NO. The molecule has 0 heterocycles. The molecule has 0 bridgehead atoms. The van der Waals surface area contributed by atoms with Gasteiger partial charge >= 0.3 is 0 Å². The van der Waals surface area contributed by atoms with Crippen molar-refractivity contribution in [2.45, 2.75) is 39.3 Å². The van der Waals surface area contributed by atoms with Gasteiger partial charge in [0.1, 0.15) is 0 Å². The van der Waals surface area contributed by atoms with Crippen molar-refractivity contribution in [1.82, 2.24) is 5.32 Å². The number of benzene rings is 1. The summed E-state index contributed by atoms with van der Waals surface area (Å²) in [6.07, 6.45) is 1.29. The Labute approximate surface area is 99.0 Å². The minimum absolute atomic E-state index is 0.282. The molecule has 16 heavy (non-hydrogen) atoms. The van der Waals surface area contributed by atoms with Crippen molar-refractivity contribution in [3.05, 3.63) is 35.4 Å². The molecule has 1 N–H and O–H groups in total. The largest absolute Gasteiger partial charge is 0.382 e. The lowest BCUT2D eigenvalue weighted by molar-refractivity contribution is 0.101. The van der Waals surface area contributed by atoms with Crippen molar-refractivity contribution in [3.63, 3.8) is 0 Å². The first-order valence-electron chi connectivity index (χ1n) is 6.00. The fraction of sp³-hybridized carbons (Fsp3) is 0.571. The van der Waals surface area contributed by atoms with Gasteiger partial charge in [-0.3, -0.25) is 0 Å². The van der Waals surface area contributed by atoms with Crippen LogP contribution in [0.2, 0.25) is 0 Å². The van der Waals surface area contributed by atoms with Gasteiger partial charge in [0, 0.05) is 13.2 Å². The molecule has 1 aromatic rings. The summed E-state index contributed by atoms with van der Waals surface area (Å²) in [5, 5.41) is 3.51. The maximum absolute atomic E-state index is 5.34. The van der Waals surface area contributed by atoms with Gasteiger partial charge in [-0.15, -0.1) is 0 Å². The number of aryl methyl sites for hydroxylation is 1. The molecule has 0 aliphatic carbocycles. The SMILES string of the molecule is CCNC(CC(C)OC)c1cccc(C)c1. The summed E-state index contributed by atoms with van der Waals surface area (Å²) in [7, 11) is 1.77. The van der Waals surface area contributed by atoms with E-state index in [-0.39, 0.29) is 6.10 Å². The topological polar surface area (TPSA) is 21.3 Å². The van der Waals surface area contributed by atoms with Gasteiger partial charge in [-0.05, 0) is 32.4 Å². The van der Waals surface area contributed by atoms with E-state index < -0.39 is 0 Å². The van der Waals surface area contributed by atoms with E-state index in [0.717, 1.165) is 13.0 Å². The molecule has 1 rings (SSSR count). The zero-order valence-electron chi connectivity index (χ0n) is 10.8. The van der Waals surface area contributed by atoms with E-state index in [1.165, 1.54) is 11.1 Å². The van der Waals surface area contributed by atoms with Crippen LogP contribution in [-0.4, -0.2) is 19.8 Å². The maximum atomic E-state index is 5.34. The normalized spacial score (nSPS) is 14.8. The van der Waals surface area contributed by atoms with Crippen LogP contribution < -0.4 is 5.32 Å². The maximum Gasteiger partial charge on any atom is 0.0561 e. The second kappa shape index (κ2) is 6.66. The van der Waals surface area contributed by atoms with Crippen molar-refractivity contribution in [1.29, 1.82) is 0 Å². The molecule has 0 amide bonds. The third-order valence-electron chi connectivity index (χ3n) is 2.87. The zero-order valence-corrected chi connectivity index (χ0v) is 10.8. The van der Waals surface area contributed by atoms with Crippen LogP contribution in [0.4, 0.5) is 0 Å². The highest BCUT2D eigenvalue weighted by Crippen LogP contribution is 2.20. The molecular weight excluding hydrogens is 198 g/mol. The molecule has 0 aromatic heterocycles. The first kappa shape index (κ1) is 13.2. The van der Waals surface area contributed by atoms with Crippen molar-refractivity contribution in [2.75, 3.05) is 13.7 Å². The number of hydrogen-bond acceptors (Lipinski definition) is 2. The Morgan fingerprint density at radius 2 is 2.12 bits per heavy atom. The van der Waals surface area contributed by atoms with Gasteiger partial charge in [0.2, 0.25) is 0 Å². The first-order chi connectivity index (χ1) is 7.67. The molecule has 0 saturated carbocycles. The molecule has 2 atom stereocenters. The summed E-state index contributed by atoms with van der Waals surface area (Å²) >= 11 is 0. The van der Waals surface area contributed by atoms with Crippen LogP contribution in [0.5, 0.6) is 0 Å². The summed E-state index contributed by atoms with van der Waals surface area (Å²) in [5.41, 5.74) is 2.66. The van der Waals surface area contributed by atoms with Crippen LogP contribution in [0, 0.1) is 6.92 Å². The number of ether oxygens (including phenoxy) is 1. The first-order valence-corrected chi connectivity index (χ1v) is 6.00. The summed E-state index contributed by atoms with van der Waals surface area (Å²) in [6.45, 7) is 7.36. The molecule has 2 unspecified atom stereocenters. The second-order valence-corrected chi connectivity index (χ2v) is 4.31. The number of nitrogens with one attached hydrogen (secondary N) is 1. The van der Waals surface area contributed by atoms with Gasteiger partial charge in [0.05, 0.1) is 6.10 Å². The second-order valence-electron chi connectivity index (χ2n) is 4.31. The number of methoxy groups -OCH3 is 1. The summed E-state index contributed by atoms with van der Waals surface area (Å²) in [5.74, 6) is 0. The van der Waals surface area contributed by atoms with Gasteiger partial charge in [0.25, 0.3) is 0 Å². The lowest BCUT2D eigenvalue weighted by Gasteiger charge is -2.21. The minimum Gasteiger partial charge on any atom is -0.382 e. The third-order valence-corrected chi connectivity index (χ3v) is 2.87. The molecule has 90 valence electrons. The highest BCUT2D eigenvalue weighted by atomic mass is 16.5. The van der Waals surface area contributed by atoms with Gasteiger partial charge in [-0.25, -0.2) is 0 Å². The Kier molecular flexibility index (Phi) is 5.50. The van der Waals surface area contributed by atoms with Crippen molar-refractivity contribution >= 4 is 0 Å². The van der Waals surface area contributed by atoms with Gasteiger partial charge < -0.3 is 10.1 Å². The van der Waals surface area contributed by atoms with E-state index in [1.807, 2.05) is 0 Å². The van der Waals surface area contributed by atoms with Crippen LogP contribution in [0.15, 0.2) is 24.3 Å². The Hall–Kier alpha value is -0.860. The molecule has 0 aliphatic rings. The summed E-state index contributed by atoms with van der Waals surface area (Å²) in [4.78, 5) is 0. The molecule has 2 heteroatoms. The van der Waals surface area contributed by atoms with E-state index in [4.69, 9.17) is 4.74 Å². The van der Waals surface area contributed by atoms with Crippen molar-refractivity contribution in [2.24, 2.45) is 0 Å². The highest BCUT2D eigenvalue weighted by Gasteiger charge is 2.13. The highest BCUT2D eigenvalue weighted by molar-refractivity contribution is 5.25. The van der Waals surface area contributed by atoms with E-state index in [0.29, 0.717) is 6.04 Å². The predicted octanol–water partition coefficient (Wildman–Crippen LogP) is 3.07. The lowest BCUT2D eigenvalue weighted by atomic mass is 9.99. The minimum atomic E-state index is 0.282. The zero-order chi connectivity index (χ0) is 12.0. The fourth-order valence-electron chi connectivity index (χ4n) is 1.90. The standard InChI is InChI=1S/C14H23NO/c1-5-15-14(10-12(3)16-4)13-8-6-7-11(2)9-13/h6-9,12,14-15H,5,10H2,1-4H3. The Balaban J connectivity index is 2.76. The van der Waals surface area contributed by atoms with Crippen LogP contribution in [0.25, 0.3) is 0 Å². The average molecular weight is 221 g/mol. The van der Waals surface area contributed by atoms with Gasteiger partial charge in [-0.2, -0.15) is 0 Å². The molecule has 0 aliphatic heterocycles. The smallest absolute Gasteiger partial charge is 0.0561 e. The molecule has 2 nitrogen and oxygen atoms in total. The molecule has 0 spiro atoms. The van der Waals surface area contributed by atoms with E-state index >= 15 is 0 Å². The number of hydrogen-bond donors (Lipinski definition) is 1.